The maximum atomic E-state index is 13.6. The smallest absolute Gasteiger partial charge is 0.406 e. The molecule has 0 amide bonds. The summed E-state index contributed by atoms with van der Waals surface area (Å²) in [5.41, 5.74) is 1.83. The monoisotopic (exact) mass is 297 g/mol. The van der Waals surface area contributed by atoms with Crippen LogP contribution in [0.3, 0.4) is 0 Å². The third-order valence-electron chi connectivity index (χ3n) is 3.34. The van der Waals surface area contributed by atoms with E-state index in [9.17, 15) is 17.6 Å². The van der Waals surface area contributed by atoms with Crippen LogP contribution < -0.4 is 10.1 Å². The summed E-state index contributed by atoms with van der Waals surface area (Å²) < 4.78 is 54.2. The summed E-state index contributed by atoms with van der Waals surface area (Å²) in [4.78, 5) is 0. The van der Waals surface area contributed by atoms with Crippen LogP contribution in [0.2, 0.25) is 0 Å². The summed E-state index contributed by atoms with van der Waals surface area (Å²) in [5, 5.41) is 3.00. The minimum absolute atomic E-state index is 0.270. The van der Waals surface area contributed by atoms with Gasteiger partial charge in [0.25, 0.3) is 0 Å². The van der Waals surface area contributed by atoms with Gasteiger partial charge in [-0.05, 0) is 35.7 Å². The molecule has 2 aromatic rings. The van der Waals surface area contributed by atoms with Gasteiger partial charge in [-0.1, -0.05) is 24.3 Å². The lowest BCUT2D eigenvalue weighted by Crippen LogP contribution is -2.17. The van der Waals surface area contributed by atoms with Crippen LogP contribution in [-0.2, 0) is 6.42 Å². The standard InChI is InChI=1S/C15H11F4NO/c16-12-6-2-4-10-8-13(20-14(10)12)9-3-1-5-11(7-9)21-15(17,18)19/h1-7,13,20H,8H2. The van der Waals surface area contributed by atoms with E-state index in [2.05, 4.69) is 10.1 Å². The van der Waals surface area contributed by atoms with Crippen molar-refractivity contribution in [1.82, 2.24) is 0 Å². The summed E-state index contributed by atoms with van der Waals surface area (Å²) in [6.07, 6.45) is -4.21. The molecule has 2 nitrogen and oxygen atoms in total. The van der Waals surface area contributed by atoms with Crippen LogP contribution in [0.4, 0.5) is 23.2 Å². The number of para-hydroxylation sites is 1. The fraction of sp³-hybridized carbons (Fsp3) is 0.200. The molecule has 1 heterocycles. The quantitative estimate of drug-likeness (QED) is 0.828. The normalized spacial score (nSPS) is 17.2. The fourth-order valence-electron chi connectivity index (χ4n) is 2.48. The minimum Gasteiger partial charge on any atom is -0.406 e. The van der Waals surface area contributed by atoms with E-state index in [1.54, 1.807) is 18.2 Å². The molecule has 0 spiro atoms. The molecule has 1 aliphatic rings. The molecule has 1 unspecified atom stereocenters. The first kappa shape index (κ1) is 13.7. The molecular weight excluding hydrogens is 286 g/mol. The van der Waals surface area contributed by atoms with Gasteiger partial charge in [0.1, 0.15) is 11.6 Å². The highest BCUT2D eigenvalue weighted by Gasteiger charge is 2.31. The van der Waals surface area contributed by atoms with Gasteiger partial charge < -0.3 is 10.1 Å². The molecule has 0 radical (unpaired) electrons. The molecule has 0 saturated heterocycles. The second-order valence-corrected chi connectivity index (χ2v) is 4.80. The molecule has 6 heteroatoms. The molecule has 21 heavy (non-hydrogen) atoms. The van der Waals surface area contributed by atoms with Crippen molar-refractivity contribution in [2.45, 2.75) is 18.8 Å². The SMILES string of the molecule is Fc1cccc2c1NC(c1cccc(OC(F)(F)F)c1)C2. The highest BCUT2D eigenvalue weighted by atomic mass is 19.4. The van der Waals surface area contributed by atoms with Crippen molar-refractivity contribution >= 4 is 5.69 Å². The van der Waals surface area contributed by atoms with Gasteiger partial charge in [0, 0.05) is 0 Å². The Bertz CT molecular complexity index is 669. The number of halogens is 4. The third kappa shape index (κ3) is 2.94. The molecule has 0 aromatic heterocycles. The number of ether oxygens (including phenoxy) is 1. The van der Waals surface area contributed by atoms with Crippen molar-refractivity contribution in [2.75, 3.05) is 5.32 Å². The van der Waals surface area contributed by atoms with Crippen LogP contribution in [0, 0.1) is 5.82 Å². The van der Waals surface area contributed by atoms with Crippen LogP contribution in [0.25, 0.3) is 0 Å². The molecule has 0 aliphatic carbocycles. The van der Waals surface area contributed by atoms with Crippen molar-refractivity contribution in [3.8, 4) is 5.75 Å². The largest absolute Gasteiger partial charge is 0.573 e. The summed E-state index contributed by atoms with van der Waals surface area (Å²) in [6.45, 7) is 0. The lowest BCUT2D eigenvalue weighted by molar-refractivity contribution is -0.274. The first-order valence-electron chi connectivity index (χ1n) is 6.32. The Hall–Kier alpha value is -2.24. The average Bonchev–Trinajstić information content (AvgIpc) is 2.82. The van der Waals surface area contributed by atoms with Gasteiger partial charge in [0.05, 0.1) is 11.7 Å². The molecule has 0 saturated carbocycles. The lowest BCUT2D eigenvalue weighted by Gasteiger charge is -2.14. The predicted molar refractivity (Wildman–Crippen MR) is 69.6 cm³/mol. The van der Waals surface area contributed by atoms with Gasteiger partial charge in [-0.15, -0.1) is 13.2 Å². The molecule has 3 rings (SSSR count). The van der Waals surface area contributed by atoms with Crippen LogP contribution in [-0.4, -0.2) is 6.36 Å². The number of fused-ring (bicyclic) bond motifs is 1. The number of nitrogens with one attached hydrogen (secondary N) is 1. The molecule has 110 valence electrons. The van der Waals surface area contributed by atoms with Gasteiger partial charge in [0.15, 0.2) is 0 Å². The van der Waals surface area contributed by atoms with Gasteiger partial charge in [0.2, 0.25) is 0 Å². The Kier molecular flexibility index (Phi) is 3.23. The summed E-state index contributed by atoms with van der Waals surface area (Å²) in [5.74, 6) is -0.643. The van der Waals surface area contributed by atoms with E-state index < -0.39 is 6.36 Å². The molecule has 1 N–H and O–H groups in total. The van der Waals surface area contributed by atoms with E-state index in [0.29, 0.717) is 17.7 Å². The summed E-state index contributed by atoms with van der Waals surface area (Å²) in [7, 11) is 0. The van der Waals surface area contributed by atoms with Gasteiger partial charge >= 0.3 is 6.36 Å². The van der Waals surface area contributed by atoms with Crippen LogP contribution in [0.1, 0.15) is 17.2 Å². The van der Waals surface area contributed by atoms with E-state index in [1.807, 2.05) is 0 Å². The number of rotatable bonds is 2. The topological polar surface area (TPSA) is 21.3 Å². The number of hydrogen-bond acceptors (Lipinski definition) is 2. The van der Waals surface area contributed by atoms with Crippen molar-refractivity contribution in [3.05, 3.63) is 59.4 Å². The number of anilines is 1. The van der Waals surface area contributed by atoms with Crippen molar-refractivity contribution in [1.29, 1.82) is 0 Å². The molecule has 1 aliphatic heterocycles. The highest BCUT2D eigenvalue weighted by Crippen LogP contribution is 2.37. The van der Waals surface area contributed by atoms with E-state index in [-0.39, 0.29) is 17.6 Å². The maximum Gasteiger partial charge on any atom is 0.573 e. The molecular formula is C15H11F4NO. The van der Waals surface area contributed by atoms with E-state index >= 15 is 0 Å². The average molecular weight is 297 g/mol. The van der Waals surface area contributed by atoms with Crippen molar-refractivity contribution in [3.63, 3.8) is 0 Å². The third-order valence-corrected chi connectivity index (χ3v) is 3.34. The second-order valence-electron chi connectivity index (χ2n) is 4.80. The summed E-state index contributed by atoms with van der Waals surface area (Å²) in [6, 6.07) is 10.2. The van der Waals surface area contributed by atoms with Gasteiger partial charge in [-0.3, -0.25) is 0 Å². The Morgan fingerprint density at radius 2 is 1.86 bits per heavy atom. The number of benzene rings is 2. The van der Waals surface area contributed by atoms with Crippen LogP contribution in [0.15, 0.2) is 42.5 Å². The first-order valence-corrected chi connectivity index (χ1v) is 6.32. The van der Waals surface area contributed by atoms with Gasteiger partial charge in [-0.2, -0.15) is 0 Å². The Morgan fingerprint density at radius 3 is 2.57 bits per heavy atom. The highest BCUT2D eigenvalue weighted by molar-refractivity contribution is 5.59. The van der Waals surface area contributed by atoms with Crippen LogP contribution in [0.5, 0.6) is 5.75 Å². The molecule has 0 fully saturated rings. The predicted octanol–water partition coefficient (Wildman–Crippen LogP) is 4.43. The Labute approximate surface area is 118 Å². The zero-order valence-electron chi connectivity index (χ0n) is 10.7. The second kappa shape index (κ2) is 4.95. The molecule has 0 bridgehead atoms. The minimum atomic E-state index is -4.73. The van der Waals surface area contributed by atoms with Crippen LogP contribution >= 0.6 is 0 Å². The molecule has 1 atom stereocenters. The zero-order chi connectivity index (χ0) is 15.0. The van der Waals surface area contributed by atoms with Crippen molar-refractivity contribution < 1.29 is 22.3 Å². The van der Waals surface area contributed by atoms with E-state index in [1.165, 1.54) is 24.3 Å². The zero-order valence-corrected chi connectivity index (χ0v) is 10.7. The Balaban J connectivity index is 1.84. The Morgan fingerprint density at radius 1 is 1.10 bits per heavy atom. The molecule has 2 aromatic carbocycles. The van der Waals surface area contributed by atoms with Gasteiger partial charge in [-0.25, -0.2) is 4.39 Å². The first-order chi connectivity index (χ1) is 9.92. The number of hydrogen-bond donors (Lipinski definition) is 1. The fourth-order valence-corrected chi connectivity index (χ4v) is 2.48. The maximum absolute atomic E-state index is 13.6. The summed E-state index contributed by atoms with van der Waals surface area (Å²) >= 11 is 0. The number of alkyl halides is 3. The van der Waals surface area contributed by atoms with Crippen molar-refractivity contribution in [2.24, 2.45) is 0 Å². The lowest BCUT2D eigenvalue weighted by atomic mass is 10.0. The van der Waals surface area contributed by atoms with E-state index in [4.69, 9.17) is 0 Å². The van der Waals surface area contributed by atoms with E-state index in [0.717, 1.165) is 5.56 Å².